The number of methoxy groups -OCH3 is 3. The third kappa shape index (κ3) is 5.04. The van der Waals surface area contributed by atoms with Gasteiger partial charge in [-0.1, -0.05) is 0 Å². The molecule has 29 heavy (non-hydrogen) atoms. The van der Waals surface area contributed by atoms with Crippen molar-refractivity contribution in [2.75, 3.05) is 34.5 Å². The zero-order valence-electron chi connectivity index (χ0n) is 16.5. The molecule has 2 aromatic carbocycles. The van der Waals surface area contributed by atoms with E-state index < -0.39 is 0 Å². The zero-order valence-corrected chi connectivity index (χ0v) is 17.3. The Morgan fingerprint density at radius 3 is 2.55 bits per heavy atom. The summed E-state index contributed by atoms with van der Waals surface area (Å²) in [7, 11) is 4.80. The molecule has 0 amide bonds. The van der Waals surface area contributed by atoms with Crippen LogP contribution in [0.15, 0.2) is 57.9 Å². The highest BCUT2D eigenvalue weighted by molar-refractivity contribution is 7.07. The van der Waals surface area contributed by atoms with Gasteiger partial charge in [-0.2, -0.15) is 5.10 Å². The van der Waals surface area contributed by atoms with Gasteiger partial charge >= 0.3 is 0 Å². The van der Waals surface area contributed by atoms with Gasteiger partial charge in [0.15, 0.2) is 11.5 Å². The number of aromatic nitrogens is 1. The molecule has 8 heteroatoms. The zero-order chi connectivity index (χ0) is 20.6. The van der Waals surface area contributed by atoms with E-state index in [2.05, 4.69) is 10.1 Å². The van der Waals surface area contributed by atoms with Crippen LogP contribution < -0.4 is 14.3 Å². The summed E-state index contributed by atoms with van der Waals surface area (Å²) in [5, 5.41) is 16.4. The number of thiazole rings is 1. The highest BCUT2D eigenvalue weighted by Crippen LogP contribution is 2.26. The molecule has 0 radical (unpaired) electrons. The Labute approximate surface area is 173 Å². The van der Waals surface area contributed by atoms with Crippen LogP contribution in [0.3, 0.4) is 0 Å². The Balaban J connectivity index is 2.01. The van der Waals surface area contributed by atoms with E-state index >= 15 is 0 Å². The van der Waals surface area contributed by atoms with Crippen LogP contribution in [0.1, 0.15) is 5.56 Å². The molecule has 7 nitrogen and oxygen atoms in total. The standard InChI is InChI=1S/C21H23N3O4S/c1-26-11-10-22-21-24(23-13-15-4-9-19(25)20(12-15)28-3)18(14-29-21)16-5-7-17(27-2)8-6-16/h4-9,12-14,25H,10-11H2,1-3H3/b22-21?,23-13+. The number of hydrogen-bond acceptors (Lipinski definition) is 7. The molecular weight excluding hydrogens is 390 g/mol. The van der Waals surface area contributed by atoms with Crippen LogP contribution in [0.25, 0.3) is 11.3 Å². The lowest BCUT2D eigenvalue weighted by Crippen LogP contribution is -2.13. The molecule has 3 aromatic rings. The fraction of sp³-hybridized carbons (Fsp3) is 0.238. The molecule has 0 spiro atoms. The van der Waals surface area contributed by atoms with E-state index in [4.69, 9.17) is 14.2 Å². The second-order valence-corrected chi connectivity index (χ2v) is 6.83. The van der Waals surface area contributed by atoms with Crippen LogP contribution in [0, 0.1) is 0 Å². The van der Waals surface area contributed by atoms with Crippen molar-refractivity contribution < 1.29 is 19.3 Å². The number of phenols is 1. The van der Waals surface area contributed by atoms with Gasteiger partial charge in [0, 0.05) is 18.1 Å². The predicted octanol–water partition coefficient (Wildman–Crippen LogP) is 3.37. The first-order chi connectivity index (χ1) is 14.2. The van der Waals surface area contributed by atoms with Gasteiger partial charge in [-0.3, -0.25) is 4.99 Å². The number of nitrogens with zero attached hydrogens (tertiary/aromatic N) is 3. The number of ether oxygens (including phenoxy) is 3. The maximum absolute atomic E-state index is 9.78. The van der Waals surface area contributed by atoms with Crippen LogP contribution >= 0.6 is 11.3 Å². The lowest BCUT2D eigenvalue weighted by atomic mass is 10.2. The van der Waals surface area contributed by atoms with Gasteiger partial charge < -0.3 is 19.3 Å². The molecular formula is C21H23N3O4S. The highest BCUT2D eigenvalue weighted by Gasteiger charge is 2.08. The summed E-state index contributed by atoms with van der Waals surface area (Å²) in [4.78, 5) is 5.35. The fourth-order valence-electron chi connectivity index (χ4n) is 2.61. The van der Waals surface area contributed by atoms with Crippen LogP contribution in [0.5, 0.6) is 17.2 Å². The molecule has 0 saturated carbocycles. The highest BCUT2D eigenvalue weighted by atomic mass is 32.1. The Kier molecular flexibility index (Phi) is 7.04. The SMILES string of the molecule is COCCN=c1scc(-c2ccc(OC)cc2)n1/N=C/c1ccc(O)c(OC)c1. The van der Waals surface area contributed by atoms with Gasteiger partial charge in [0.1, 0.15) is 5.75 Å². The van der Waals surface area contributed by atoms with Crippen LogP contribution in [0.2, 0.25) is 0 Å². The first-order valence-electron chi connectivity index (χ1n) is 8.92. The number of aromatic hydroxyl groups is 1. The molecule has 0 saturated heterocycles. The van der Waals surface area contributed by atoms with Crippen molar-refractivity contribution in [3.8, 4) is 28.5 Å². The number of phenolic OH excluding ortho intramolecular Hbond substituents is 1. The molecule has 1 aromatic heterocycles. The Bertz CT molecular complexity index is 1040. The molecule has 0 atom stereocenters. The van der Waals surface area contributed by atoms with Gasteiger partial charge in [0.2, 0.25) is 4.80 Å². The van der Waals surface area contributed by atoms with E-state index in [1.165, 1.54) is 18.4 Å². The molecule has 0 aliphatic heterocycles. The smallest absolute Gasteiger partial charge is 0.206 e. The van der Waals surface area contributed by atoms with Gasteiger partial charge in [0.25, 0.3) is 0 Å². The summed E-state index contributed by atoms with van der Waals surface area (Å²) in [6.45, 7) is 1.08. The fourth-order valence-corrected chi connectivity index (χ4v) is 3.47. The number of benzene rings is 2. The van der Waals surface area contributed by atoms with E-state index in [1.807, 2.05) is 29.6 Å². The molecule has 3 rings (SSSR count). The van der Waals surface area contributed by atoms with E-state index in [9.17, 15) is 5.11 Å². The Hall–Kier alpha value is -3.10. The predicted molar refractivity (Wildman–Crippen MR) is 114 cm³/mol. The molecule has 152 valence electrons. The molecule has 0 fully saturated rings. The first kappa shape index (κ1) is 20.6. The van der Waals surface area contributed by atoms with Crippen LogP contribution in [-0.4, -0.2) is 50.5 Å². The minimum Gasteiger partial charge on any atom is -0.504 e. The molecule has 0 aliphatic carbocycles. The van der Waals surface area contributed by atoms with E-state index in [1.54, 1.807) is 43.3 Å². The van der Waals surface area contributed by atoms with Crippen molar-refractivity contribution in [3.63, 3.8) is 0 Å². The average molecular weight is 413 g/mol. The summed E-state index contributed by atoms with van der Waals surface area (Å²) < 4.78 is 17.3. The molecule has 0 aliphatic rings. The van der Waals surface area contributed by atoms with Crippen LogP contribution in [0.4, 0.5) is 0 Å². The van der Waals surface area contributed by atoms with E-state index in [0.29, 0.717) is 18.9 Å². The largest absolute Gasteiger partial charge is 0.504 e. The summed E-state index contributed by atoms with van der Waals surface area (Å²) in [6, 6.07) is 12.8. The van der Waals surface area contributed by atoms with Crippen molar-refractivity contribution in [2.45, 2.75) is 0 Å². The minimum atomic E-state index is 0.0852. The average Bonchev–Trinajstić information content (AvgIpc) is 3.16. The van der Waals surface area contributed by atoms with Crippen molar-refractivity contribution in [3.05, 3.63) is 58.2 Å². The minimum absolute atomic E-state index is 0.0852. The monoisotopic (exact) mass is 413 g/mol. The lowest BCUT2D eigenvalue weighted by molar-refractivity contribution is 0.207. The Morgan fingerprint density at radius 2 is 1.86 bits per heavy atom. The van der Waals surface area contributed by atoms with Crippen LogP contribution in [-0.2, 0) is 4.74 Å². The van der Waals surface area contributed by atoms with E-state index in [-0.39, 0.29) is 5.75 Å². The van der Waals surface area contributed by atoms with Gasteiger partial charge in [-0.05, 0) is 48.0 Å². The summed E-state index contributed by atoms with van der Waals surface area (Å²) in [5.41, 5.74) is 2.70. The summed E-state index contributed by atoms with van der Waals surface area (Å²) in [6.07, 6.45) is 1.71. The van der Waals surface area contributed by atoms with Crippen molar-refractivity contribution in [1.29, 1.82) is 0 Å². The van der Waals surface area contributed by atoms with Crippen molar-refractivity contribution in [1.82, 2.24) is 4.68 Å². The summed E-state index contributed by atoms with van der Waals surface area (Å²) in [5.74, 6) is 1.27. The number of rotatable bonds is 8. The van der Waals surface area contributed by atoms with Gasteiger partial charge in [-0.25, -0.2) is 4.68 Å². The van der Waals surface area contributed by atoms with Crippen molar-refractivity contribution in [2.24, 2.45) is 10.1 Å². The lowest BCUT2D eigenvalue weighted by Gasteiger charge is -2.06. The molecule has 0 unspecified atom stereocenters. The maximum atomic E-state index is 9.78. The van der Waals surface area contributed by atoms with Gasteiger partial charge in [-0.15, -0.1) is 11.3 Å². The third-order valence-electron chi connectivity index (χ3n) is 4.14. The first-order valence-corrected chi connectivity index (χ1v) is 9.80. The van der Waals surface area contributed by atoms with E-state index in [0.717, 1.165) is 27.4 Å². The van der Waals surface area contributed by atoms with Crippen molar-refractivity contribution >= 4 is 17.6 Å². The quantitative estimate of drug-likeness (QED) is 0.454. The molecule has 0 bridgehead atoms. The second-order valence-electron chi connectivity index (χ2n) is 5.99. The molecule has 1 heterocycles. The normalized spacial score (nSPS) is 11.9. The Morgan fingerprint density at radius 1 is 1.07 bits per heavy atom. The number of hydrogen-bond donors (Lipinski definition) is 1. The maximum Gasteiger partial charge on any atom is 0.206 e. The second kappa shape index (κ2) is 9.90. The van der Waals surface area contributed by atoms with Gasteiger partial charge in [0.05, 0.1) is 39.3 Å². The summed E-state index contributed by atoms with van der Waals surface area (Å²) >= 11 is 1.51. The third-order valence-corrected chi connectivity index (χ3v) is 4.99. The topological polar surface area (TPSA) is 77.6 Å². The molecule has 1 N–H and O–H groups in total.